The molecule has 1 aromatic heterocycles. The van der Waals surface area contributed by atoms with Crippen LogP contribution >= 0.6 is 0 Å². The molecule has 0 aliphatic heterocycles. The Bertz CT molecular complexity index is 788. The Morgan fingerprint density at radius 2 is 1.64 bits per heavy atom. The molecular formula is C21H24N4. The predicted octanol–water partition coefficient (Wildman–Crippen LogP) is 4.41. The van der Waals surface area contributed by atoms with Gasteiger partial charge in [0.15, 0.2) is 0 Å². The highest BCUT2D eigenvalue weighted by Crippen LogP contribution is 2.24. The van der Waals surface area contributed by atoms with Gasteiger partial charge in [-0.1, -0.05) is 67.6 Å². The zero-order chi connectivity index (χ0) is 17.5. The van der Waals surface area contributed by atoms with Crippen LogP contribution in [0.2, 0.25) is 0 Å². The molecule has 0 fully saturated rings. The fraction of sp³-hybridized carbons (Fsp3) is 0.238. The smallest absolute Gasteiger partial charge is 0.221 e. The molecule has 0 bridgehead atoms. The van der Waals surface area contributed by atoms with Gasteiger partial charge in [0.2, 0.25) is 5.95 Å². The van der Waals surface area contributed by atoms with Crippen molar-refractivity contribution >= 4 is 11.8 Å². The van der Waals surface area contributed by atoms with E-state index in [9.17, 15) is 0 Å². The summed E-state index contributed by atoms with van der Waals surface area (Å²) >= 11 is 0. The standard InChI is InChI=1S/C21H24N4/c1-2-19(17-11-7-4-8-12-17)24-20-18(15-23-21(22)25-20)14-13-16-9-5-3-6-10-16/h3-12,15,19H,2,13-14H2,1H3,(H3,22,23,24,25)/t19-/m1/s1. The summed E-state index contributed by atoms with van der Waals surface area (Å²) in [6.07, 6.45) is 4.63. The Morgan fingerprint density at radius 1 is 0.960 bits per heavy atom. The molecule has 1 atom stereocenters. The van der Waals surface area contributed by atoms with Crippen LogP contribution < -0.4 is 11.1 Å². The summed E-state index contributed by atoms with van der Waals surface area (Å²) in [5.74, 6) is 1.13. The van der Waals surface area contributed by atoms with E-state index in [1.54, 1.807) is 0 Å². The van der Waals surface area contributed by atoms with Gasteiger partial charge in [-0.05, 0) is 30.4 Å². The van der Waals surface area contributed by atoms with E-state index in [2.05, 4.69) is 70.7 Å². The third-order valence-corrected chi connectivity index (χ3v) is 4.33. The van der Waals surface area contributed by atoms with Crippen molar-refractivity contribution in [3.05, 3.63) is 83.6 Å². The SMILES string of the molecule is CC[C@@H](Nc1nc(N)ncc1CCc1ccccc1)c1ccccc1. The van der Waals surface area contributed by atoms with Gasteiger partial charge in [0, 0.05) is 11.8 Å². The normalized spacial score (nSPS) is 11.9. The van der Waals surface area contributed by atoms with Gasteiger partial charge in [0.05, 0.1) is 6.04 Å². The minimum atomic E-state index is 0.200. The Hall–Kier alpha value is -2.88. The van der Waals surface area contributed by atoms with Crippen molar-refractivity contribution in [2.45, 2.75) is 32.2 Å². The van der Waals surface area contributed by atoms with Crippen LogP contribution in [0.25, 0.3) is 0 Å². The number of nitrogen functional groups attached to an aromatic ring is 1. The van der Waals surface area contributed by atoms with Crippen molar-refractivity contribution < 1.29 is 0 Å². The molecule has 0 amide bonds. The van der Waals surface area contributed by atoms with Gasteiger partial charge < -0.3 is 11.1 Å². The maximum absolute atomic E-state index is 5.83. The van der Waals surface area contributed by atoms with Crippen molar-refractivity contribution in [3.63, 3.8) is 0 Å². The lowest BCUT2D eigenvalue weighted by Gasteiger charge is -2.20. The number of nitrogens with one attached hydrogen (secondary N) is 1. The van der Waals surface area contributed by atoms with E-state index in [1.807, 2.05) is 18.3 Å². The fourth-order valence-corrected chi connectivity index (χ4v) is 2.92. The average Bonchev–Trinajstić information content (AvgIpc) is 2.67. The van der Waals surface area contributed by atoms with E-state index < -0.39 is 0 Å². The Labute approximate surface area is 149 Å². The molecule has 2 aromatic carbocycles. The van der Waals surface area contributed by atoms with Gasteiger partial charge in [-0.2, -0.15) is 4.98 Å². The lowest BCUT2D eigenvalue weighted by atomic mass is 10.0. The summed E-state index contributed by atoms with van der Waals surface area (Å²) < 4.78 is 0. The molecule has 4 nitrogen and oxygen atoms in total. The number of anilines is 2. The van der Waals surface area contributed by atoms with Crippen LogP contribution in [0.3, 0.4) is 0 Å². The highest BCUT2D eigenvalue weighted by atomic mass is 15.1. The first-order valence-electron chi connectivity index (χ1n) is 8.73. The van der Waals surface area contributed by atoms with E-state index >= 15 is 0 Å². The van der Waals surface area contributed by atoms with Gasteiger partial charge in [-0.25, -0.2) is 4.98 Å². The van der Waals surface area contributed by atoms with Crippen molar-refractivity contribution in [3.8, 4) is 0 Å². The molecule has 1 heterocycles. The second kappa shape index (κ2) is 8.29. The van der Waals surface area contributed by atoms with Crippen molar-refractivity contribution in [1.29, 1.82) is 0 Å². The van der Waals surface area contributed by atoms with Crippen LogP contribution in [0.5, 0.6) is 0 Å². The second-order valence-electron chi connectivity index (χ2n) is 6.10. The van der Waals surface area contributed by atoms with Crippen LogP contribution in [0.1, 0.15) is 36.1 Å². The third-order valence-electron chi connectivity index (χ3n) is 4.33. The van der Waals surface area contributed by atoms with Crippen LogP contribution in [-0.2, 0) is 12.8 Å². The Morgan fingerprint density at radius 3 is 2.32 bits per heavy atom. The van der Waals surface area contributed by atoms with E-state index in [1.165, 1.54) is 11.1 Å². The fourth-order valence-electron chi connectivity index (χ4n) is 2.92. The number of benzene rings is 2. The van der Waals surface area contributed by atoms with Gasteiger partial charge >= 0.3 is 0 Å². The van der Waals surface area contributed by atoms with Crippen LogP contribution in [0.4, 0.5) is 11.8 Å². The molecule has 0 aliphatic carbocycles. The molecule has 4 heteroatoms. The highest BCUT2D eigenvalue weighted by molar-refractivity contribution is 5.48. The van der Waals surface area contributed by atoms with E-state index in [-0.39, 0.29) is 6.04 Å². The van der Waals surface area contributed by atoms with E-state index in [0.29, 0.717) is 5.95 Å². The summed E-state index contributed by atoms with van der Waals surface area (Å²) in [5.41, 5.74) is 9.47. The molecule has 3 aromatic rings. The lowest BCUT2D eigenvalue weighted by Crippen LogP contribution is -2.14. The van der Waals surface area contributed by atoms with Crippen LogP contribution in [0, 0.1) is 0 Å². The molecule has 0 saturated carbocycles. The highest BCUT2D eigenvalue weighted by Gasteiger charge is 2.13. The summed E-state index contributed by atoms with van der Waals surface area (Å²) in [7, 11) is 0. The third kappa shape index (κ3) is 4.57. The van der Waals surface area contributed by atoms with Gasteiger partial charge in [-0.3, -0.25) is 0 Å². The van der Waals surface area contributed by atoms with Crippen molar-refractivity contribution in [2.24, 2.45) is 0 Å². The first kappa shape index (κ1) is 17.0. The van der Waals surface area contributed by atoms with E-state index in [0.717, 1.165) is 30.6 Å². The number of nitrogens with two attached hydrogens (primary N) is 1. The quantitative estimate of drug-likeness (QED) is 0.673. The average molecular weight is 332 g/mol. The minimum absolute atomic E-state index is 0.200. The minimum Gasteiger partial charge on any atom is -0.368 e. The molecule has 0 saturated heterocycles. The zero-order valence-corrected chi connectivity index (χ0v) is 14.5. The topological polar surface area (TPSA) is 63.8 Å². The van der Waals surface area contributed by atoms with Crippen molar-refractivity contribution in [1.82, 2.24) is 9.97 Å². The maximum Gasteiger partial charge on any atom is 0.221 e. The molecule has 0 radical (unpaired) electrons. The van der Waals surface area contributed by atoms with Gasteiger partial charge in [0.1, 0.15) is 5.82 Å². The number of nitrogens with zero attached hydrogens (tertiary/aromatic N) is 2. The van der Waals surface area contributed by atoms with Crippen molar-refractivity contribution in [2.75, 3.05) is 11.1 Å². The molecule has 0 unspecified atom stereocenters. The van der Waals surface area contributed by atoms with E-state index in [4.69, 9.17) is 5.73 Å². The zero-order valence-electron chi connectivity index (χ0n) is 14.5. The summed E-state index contributed by atoms with van der Waals surface area (Å²) in [6.45, 7) is 2.17. The second-order valence-corrected chi connectivity index (χ2v) is 6.10. The first-order valence-corrected chi connectivity index (χ1v) is 8.73. The Balaban J connectivity index is 1.79. The molecule has 3 rings (SSSR count). The summed E-state index contributed by atoms with van der Waals surface area (Å²) in [6, 6.07) is 21.1. The maximum atomic E-state index is 5.83. The lowest BCUT2D eigenvalue weighted by molar-refractivity contribution is 0.740. The molecule has 0 aliphatic rings. The van der Waals surface area contributed by atoms with Gasteiger partial charge in [-0.15, -0.1) is 0 Å². The largest absolute Gasteiger partial charge is 0.368 e. The van der Waals surface area contributed by atoms with Crippen LogP contribution in [0.15, 0.2) is 66.9 Å². The first-order chi connectivity index (χ1) is 12.3. The Kier molecular flexibility index (Phi) is 5.62. The molecule has 0 spiro atoms. The molecule has 128 valence electrons. The predicted molar refractivity (Wildman–Crippen MR) is 103 cm³/mol. The van der Waals surface area contributed by atoms with Gasteiger partial charge in [0.25, 0.3) is 0 Å². The number of aromatic nitrogens is 2. The monoisotopic (exact) mass is 332 g/mol. The molecule has 25 heavy (non-hydrogen) atoms. The number of hydrogen-bond acceptors (Lipinski definition) is 4. The summed E-state index contributed by atoms with van der Waals surface area (Å²) in [5, 5.41) is 3.56. The van der Waals surface area contributed by atoms with Crippen LogP contribution in [-0.4, -0.2) is 9.97 Å². The summed E-state index contributed by atoms with van der Waals surface area (Å²) in [4.78, 5) is 8.64. The number of aryl methyl sites for hydroxylation is 2. The molecular weight excluding hydrogens is 308 g/mol. The number of rotatable bonds is 7. The number of hydrogen-bond donors (Lipinski definition) is 2. The molecule has 3 N–H and O–H groups in total.